The Balaban J connectivity index is 2.39. The van der Waals surface area contributed by atoms with Gasteiger partial charge in [0, 0.05) is 18.9 Å². The molecule has 24 heavy (non-hydrogen) atoms. The third kappa shape index (κ3) is 3.53. The van der Waals surface area contributed by atoms with E-state index in [1.807, 2.05) is 0 Å². The summed E-state index contributed by atoms with van der Waals surface area (Å²) in [6.07, 6.45) is -4.03. The topological polar surface area (TPSA) is 87.1 Å². The highest BCUT2D eigenvalue weighted by Crippen LogP contribution is 2.34. The van der Waals surface area contributed by atoms with Crippen LogP contribution in [0.3, 0.4) is 0 Å². The van der Waals surface area contributed by atoms with Gasteiger partial charge in [-0.2, -0.15) is 18.2 Å². The number of alkyl halides is 3. The Kier molecular flexibility index (Phi) is 4.58. The van der Waals surface area contributed by atoms with E-state index in [2.05, 4.69) is 20.6 Å². The van der Waals surface area contributed by atoms with E-state index >= 15 is 0 Å². The number of benzene rings is 1. The average Bonchev–Trinajstić information content (AvgIpc) is 2.49. The van der Waals surface area contributed by atoms with Crippen LogP contribution >= 0.6 is 0 Å². The Morgan fingerprint density at radius 3 is 2.50 bits per heavy atom. The molecule has 6 nitrogen and oxygen atoms in total. The lowest BCUT2D eigenvalue weighted by atomic mass is 10.1. The average molecular weight is 344 g/mol. The van der Waals surface area contributed by atoms with Gasteiger partial charge in [0.25, 0.3) is 0 Å². The van der Waals surface area contributed by atoms with Gasteiger partial charge >= 0.3 is 12.1 Å². The van der Waals surface area contributed by atoms with E-state index in [0.29, 0.717) is 11.8 Å². The van der Waals surface area contributed by atoms with Gasteiger partial charge in [-0.3, -0.25) is 0 Å². The van der Waals surface area contributed by atoms with Crippen LogP contribution in [-0.4, -0.2) is 28.1 Å². The quantitative estimate of drug-likeness (QED) is 0.737. The summed E-state index contributed by atoms with van der Waals surface area (Å²) in [7, 11) is 1.27. The zero-order valence-electron chi connectivity index (χ0n) is 12.5. The Bertz CT molecular complexity index is 793. The number of aryl methyl sites for hydroxylation is 1. The van der Waals surface area contributed by atoms with Crippen LogP contribution in [0.1, 0.15) is 21.5 Å². The van der Waals surface area contributed by atoms with Crippen molar-refractivity contribution in [3.05, 3.63) is 40.8 Å². The first-order valence-electron chi connectivity index (χ1n) is 6.56. The van der Waals surface area contributed by atoms with Crippen molar-refractivity contribution >= 4 is 23.4 Å². The predicted octanol–water partition coefficient (Wildman–Crippen LogP) is 3.43. The number of carbonyl (C=O) groups is 1. The maximum atomic E-state index is 13.7. The summed E-state index contributed by atoms with van der Waals surface area (Å²) >= 11 is 0. The summed E-state index contributed by atoms with van der Waals surface area (Å²) in [6.45, 7) is 1.51. The second kappa shape index (κ2) is 6.30. The van der Waals surface area contributed by atoms with Gasteiger partial charge in [-0.1, -0.05) is 0 Å². The van der Waals surface area contributed by atoms with Crippen molar-refractivity contribution in [3.8, 4) is 0 Å². The maximum absolute atomic E-state index is 13.7. The zero-order chi connectivity index (χ0) is 18.1. The number of anilines is 3. The molecule has 0 saturated heterocycles. The van der Waals surface area contributed by atoms with Gasteiger partial charge in [0.15, 0.2) is 0 Å². The van der Waals surface area contributed by atoms with Crippen molar-refractivity contribution in [3.63, 3.8) is 0 Å². The predicted molar refractivity (Wildman–Crippen MR) is 78.0 cm³/mol. The fraction of sp³-hybridized carbons (Fsp3) is 0.214. The first-order chi connectivity index (χ1) is 11.1. The number of halogens is 4. The van der Waals surface area contributed by atoms with Crippen LogP contribution in [0.5, 0.6) is 0 Å². The number of carboxylic acids is 1. The molecule has 0 radical (unpaired) electrons. The van der Waals surface area contributed by atoms with Crippen LogP contribution in [-0.2, 0) is 6.18 Å². The Labute approximate surface area is 133 Å². The molecule has 0 unspecified atom stereocenters. The van der Waals surface area contributed by atoms with Gasteiger partial charge in [0.05, 0.1) is 5.56 Å². The van der Waals surface area contributed by atoms with Crippen molar-refractivity contribution in [2.45, 2.75) is 13.1 Å². The van der Waals surface area contributed by atoms with E-state index in [1.54, 1.807) is 0 Å². The number of aromatic carboxylic acids is 1. The van der Waals surface area contributed by atoms with Crippen LogP contribution in [0, 0.1) is 12.7 Å². The van der Waals surface area contributed by atoms with E-state index in [9.17, 15) is 22.4 Å². The molecule has 0 spiro atoms. The van der Waals surface area contributed by atoms with Crippen LogP contribution < -0.4 is 10.6 Å². The minimum absolute atomic E-state index is 0.138. The number of aromatic nitrogens is 2. The Hall–Kier alpha value is -2.91. The number of hydrogen-bond donors (Lipinski definition) is 3. The summed E-state index contributed by atoms with van der Waals surface area (Å²) < 4.78 is 52.1. The lowest BCUT2D eigenvalue weighted by molar-refractivity contribution is -0.137. The number of nitrogens with zero attached hydrogens (tertiary/aromatic N) is 2. The van der Waals surface area contributed by atoms with Gasteiger partial charge in [-0.05, 0) is 24.6 Å². The fourth-order valence-corrected chi connectivity index (χ4v) is 1.94. The molecular formula is C14H12F4N4O2. The molecule has 0 aliphatic heterocycles. The lowest BCUT2D eigenvalue weighted by Crippen LogP contribution is -2.13. The Morgan fingerprint density at radius 2 is 1.96 bits per heavy atom. The molecule has 0 saturated carbocycles. The summed E-state index contributed by atoms with van der Waals surface area (Å²) in [5, 5.41) is 13.7. The molecule has 3 N–H and O–H groups in total. The molecule has 2 aromatic rings. The van der Waals surface area contributed by atoms with Crippen molar-refractivity contribution in [2.75, 3.05) is 17.7 Å². The largest absolute Gasteiger partial charge is 0.478 e. The van der Waals surface area contributed by atoms with Crippen molar-refractivity contribution in [1.29, 1.82) is 0 Å². The maximum Gasteiger partial charge on any atom is 0.421 e. The normalized spacial score (nSPS) is 11.2. The minimum atomic E-state index is -4.62. The summed E-state index contributed by atoms with van der Waals surface area (Å²) in [4.78, 5) is 18.1. The highest BCUT2D eigenvalue weighted by Gasteiger charge is 2.35. The molecule has 1 heterocycles. The molecule has 1 aromatic heterocycles. The minimum Gasteiger partial charge on any atom is -0.478 e. The van der Waals surface area contributed by atoms with Crippen LogP contribution in [0.2, 0.25) is 0 Å². The standard InChI is InChI=1S/C14H12F4N4O2/c1-6-3-7(12(23)24)9(15)4-10(6)21-13-20-5-8(14(16,17)18)11(19-2)22-13/h3-5H,1-2H3,(H,23,24)(H2,19,20,21,22). The van der Waals surface area contributed by atoms with E-state index in [1.165, 1.54) is 14.0 Å². The van der Waals surface area contributed by atoms with Gasteiger partial charge in [0.1, 0.15) is 17.2 Å². The van der Waals surface area contributed by atoms with E-state index in [4.69, 9.17) is 5.11 Å². The van der Waals surface area contributed by atoms with Crippen molar-refractivity contribution < 1.29 is 27.5 Å². The van der Waals surface area contributed by atoms with E-state index in [-0.39, 0.29) is 11.6 Å². The third-order valence-electron chi connectivity index (χ3n) is 3.12. The fourth-order valence-electron chi connectivity index (χ4n) is 1.94. The molecule has 0 aliphatic rings. The summed E-state index contributed by atoms with van der Waals surface area (Å²) in [5.74, 6) is -3.06. The van der Waals surface area contributed by atoms with E-state index in [0.717, 1.165) is 12.1 Å². The monoisotopic (exact) mass is 344 g/mol. The third-order valence-corrected chi connectivity index (χ3v) is 3.12. The van der Waals surface area contributed by atoms with Gasteiger partial charge in [-0.15, -0.1) is 0 Å². The molecule has 0 fully saturated rings. The van der Waals surface area contributed by atoms with Crippen molar-refractivity contribution in [1.82, 2.24) is 9.97 Å². The molecule has 0 amide bonds. The number of nitrogens with one attached hydrogen (secondary N) is 2. The molecule has 10 heteroatoms. The number of hydrogen-bond acceptors (Lipinski definition) is 5. The van der Waals surface area contributed by atoms with Gasteiger partial charge in [-0.25, -0.2) is 14.2 Å². The highest BCUT2D eigenvalue weighted by atomic mass is 19.4. The number of carboxylic acid groups (broad SMARTS) is 1. The summed E-state index contributed by atoms with van der Waals surface area (Å²) in [5.41, 5.74) is -1.05. The number of rotatable bonds is 4. The first kappa shape index (κ1) is 17.4. The molecular weight excluding hydrogens is 332 g/mol. The smallest absolute Gasteiger partial charge is 0.421 e. The zero-order valence-corrected chi connectivity index (χ0v) is 12.5. The van der Waals surface area contributed by atoms with Crippen molar-refractivity contribution in [2.24, 2.45) is 0 Å². The molecule has 0 aliphatic carbocycles. The second-order valence-corrected chi connectivity index (χ2v) is 4.78. The van der Waals surface area contributed by atoms with Crippen LogP contribution in [0.4, 0.5) is 35.0 Å². The van der Waals surface area contributed by atoms with Gasteiger partial charge < -0.3 is 15.7 Å². The molecule has 0 bridgehead atoms. The molecule has 0 atom stereocenters. The lowest BCUT2D eigenvalue weighted by Gasteiger charge is -2.14. The van der Waals surface area contributed by atoms with E-state index < -0.39 is 34.9 Å². The first-order valence-corrected chi connectivity index (χ1v) is 6.56. The van der Waals surface area contributed by atoms with Crippen LogP contribution in [0.25, 0.3) is 0 Å². The highest BCUT2D eigenvalue weighted by molar-refractivity contribution is 5.89. The molecule has 2 rings (SSSR count). The molecule has 128 valence electrons. The second-order valence-electron chi connectivity index (χ2n) is 4.78. The SMILES string of the molecule is CNc1nc(Nc2cc(F)c(C(=O)O)cc2C)ncc1C(F)(F)F. The molecule has 1 aromatic carbocycles. The summed E-state index contributed by atoms with van der Waals surface area (Å²) in [6, 6.07) is 2.02. The van der Waals surface area contributed by atoms with Gasteiger partial charge in [0.2, 0.25) is 5.95 Å². The Morgan fingerprint density at radius 1 is 1.29 bits per heavy atom. The van der Waals surface area contributed by atoms with Crippen LogP contribution in [0.15, 0.2) is 18.3 Å².